The van der Waals surface area contributed by atoms with E-state index in [1.54, 1.807) is 47.0 Å². The number of likely N-dealkylation sites (N-methyl/N-ethyl adjacent to an activating group) is 1. The molecule has 1 fully saturated rings. The van der Waals surface area contributed by atoms with Crippen molar-refractivity contribution in [3.05, 3.63) is 21.3 Å². The largest absolute Gasteiger partial charge is 0.528 e. The molecule has 0 bridgehead atoms. The Balaban J connectivity index is 2.06. The first kappa shape index (κ1) is 21.5. The number of carbonyl (C=O) groups excluding carboxylic acids is 3. The molecule has 1 N–H and O–H groups in total. The van der Waals surface area contributed by atoms with E-state index in [-0.39, 0.29) is 24.4 Å². The predicted octanol–water partition coefficient (Wildman–Crippen LogP) is 2.53. The molecule has 1 aromatic heterocycles. The molecule has 1 aromatic rings. The van der Waals surface area contributed by atoms with Crippen LogP contribution in [0.4, 0.5) is 4.79 Å². The summed E-state index contributed by atoms with van der Waals surface area (Å²) in [6, 6.07) is 2.21. The molecule has 2 heterocycles. The number of nitrogens with zero attached hydrogens (tertiary/aromatic N) is 2. The monoisotopic (exact) mass is 417 g/mol. The standard InChI is InChI=1S/C17H24ClN3O5S/c1-17(2,3)25-16(24)26-21-9-10(8-11(21)15(23)20(4)5)19-14(22)12-6-7-13(18)27-12/h6-7,10-11H,8-9H2,1-5H3,(H,19,22)/t10-,11+/m1/s1. The average molecular weight is 418 g/mol. The van der Waals surface area contributed by atoms with Gasteiger partial charge >= 0.3 is 6.16 Å². The van der Waals surface area contributed by atoms with Crippen LogP contribution in [0.5, 0.6) is 0 Å². The normalized spacial score (nSPS) is 20.2. The highest BCUT2D eigenvalue weighted by molar-refractivity contribution is 7.18. The summed E-state index contributed by atoms with van der Waals surface area (Å²) < 4.78 is 5.66. The van der Waals surface area contributed by atoms with E-state index in [9.17, 15) is 14.4 Å². The molecule has 1 aliphatic heterocycles. The molecule has 0 unspecified atom stereocenters. The number of hydrogen-bond donors (Lipinski definition) is 1. The van der Waals surface area contributed by atoms with Gasteiger partial charge in [-0.3, -0.25) is 9.59 Å². The van der Waals surface area contributed by atoms with Crippen molar-refractivity contribution in [3.8, 4) is 0 Å². The molecular weight excluding hydrogens is 394 g/mol. The zero-order chi connectivity index (χ0) is 20.4. The summed E-state index contributed by atoms with van der Waals surface area (Å²) in [7, 11) is 3.24. The molecule has 0 radical (unpaired) electrons. The molecule has 150 valence electrons. The molecule has 0 spiro atoms. The van der Waals surface area contributed by atoms with Crippen LogP contribution >= 0.6 is 22.9 Å². The van der Waals surface area contributed by atoms with Crippen LogP contribution in [0.25, 0.3) is 0 Å². The number of amides is 2. The third kappa shape index (κ3) is 6.08. The van der Waals surface area contributed by atoms with E-state index in [1.165, 1.54) is 21.3 Å². The molecule has 1 saturated heterocycles. The second-order valence-corrected chi connectivity index (χ2v) is 9.13. The highest BCUT2D eigenvalue weighted by Gasteiger charge is 2.41. The van der Waals surface area contributed by atoms with Crippen LogP contribution in [-0.4, -0.2) is 66.3 Å². The van der Waals surface area contributed by atoms with Gasteiger partial charge in [0.25, 0.3) is 5.91 Å². The fourth-order valence-corrected chi connectivity index (χ4v) is 3.54. The van der Waals surface area contributed by atoms with E-state index in [4.69, 9.17) is 21.2 Å². The summed E-state index contributed by atoms with van der Waals surface area (Å²) >= 11 is 7.03. The summed E-state index contributed by atoms with van der Waals surface area (Å²) in [5.41, 5.74) is -0.718. The molecule has 27 heavy (non-hydrogen) atoms. The second-order valence-electron chi connectivity index (χ2n) is 7.41. The van der Waals surface area contributed by atoms with Gasteiger partial charge in [-0.15, -0.1) is 16.4 Å². The van der Waals surface area contributed by atoms with Gasteiger partial charge in [-0.2, -0.15) is 0 Å². The first-order valence-corrected chi connectivity index (χ1v) is 9.60. The average Bonchev–Trinajstić information content (AvgIpc) is 3.11. The van der Waals surface area contributed by atoms with Crippen LogP contribution in [0.2, 0.25) is 4.34 Å². The number of nitrogens with one attached hydrogen (secondary N) is 1. The van der Waals surface area contributed by atoms with Crippen LogP contribution in [0, 0.1) is 0 Å². The minimum Gasteiger partial charge on any atom is -0.427 e. The summed E-state index contributed by atoms with van der Waals surface area (Å²) in [6.45, 7) is 5.33. The molecule has 0 aliphatic carbocycles. The number of ether oxygens (including phenoxy) is 1. The summed E-state index contributed by atoms with van der Waals surface area (Å²) in [4.78, 5) is 43.9. The van der Waals surface area contributed by atoms with Gasteiger partial charge in [0.2, 0.25) is 5.91 Å². The molecule has 2 amide bonds. The number of rotatable bonds is 4. The fourth-order valence-electron chi connectivity index (χ4n) is 2.59. The highest BCUT2D eigenvalue weighted by atomic mass is 35.5. The lowest BCUT2D eigenvalue weighted by Crippen LogP contribution is -2.44. The molecule has 0 aromatic carbocycles. The number of hydroxylamine groups is 2. The van der Waals surface area contributed by atoms with Crippen LogP contribution in [0.1, 0.15) is 36.9 Å². The van der Waals surface area contributed by atoms with E-state index in [0.717, 1.165) is 0 Å². The van der Waals surface area contributed by atoms with Gasteiger partial charge in [-0.1, -0.05) is 11.6 Å². The van der Waals surface area contributed by atoms with E-state index in [0.29, 0.717) is 15.6 Å². The molecule has 1 aliphatic rings. The molecule has 2 rings (SSSR count). The summed E-state index contributed by atoms with van der Waals surface area (Å²) in [5, 5.41) is 4.12. The SMILES string of the molecule is CN(C)C(=O)[C@@H]1C[C@@H](NC(=O)c2ccc(Cl)s2)CN1OC(=O)OC(C)(C)C. The number of halogens is 1. The first-order chi connectivity index (χ1) is 12.5. The molecule has 0 saturated carbocycles. The second kappa shape index (κ2) is 8.45. The lowest BCUT2D eigenvalue weighted by atomic mass is 10.1. The van der Waals surface area contributed by atoms with Gasteiger partial charge in [0, 0.05) is 20.1 Å². The van der Waals surface area contributed by atoms with E-state index >= 15 is 0 Å². The third-order valence-electron chi connectivity index (χ3n) is 3.70. The van der Waals surface area contributed by atoms with Crippen molar-refractivity contribution >= 4 is 40.9 Å². The summed E-state index contributed by atoms with van der Waals surface area (Å²) in [5.74, 6) is -0.512. The van der Waals surface area contributed by atoms with E-state index in [2.05, 4.69) is 5.32 Å². The van der Waals surface area contributed by atoms with Crippen molar-refractivity contribution < 1.29 is 24.0 Å². The van der Waals surface area contributed by atoms with E-state index < -0.39 is 17.8 Å². The Labute approximate surface area is 167 Å². The van der Waals surface area contributed by atoms with Gasteiger partial charge in [-0.25, -0.2) is 4.79 Å². The lowest BCUT2D eigenvalue weighted by Gasteiger charge is -2.26. The molecular formula is C17H24ClN3O5S. The van der Waals surface area contributed by atoms with Crippen molar-refractivity contribution in [2.45, 2.75) is 44.9 Å². The van der Waals surface area contributed by atoms with Crippen LogP contribution in [0.15, 0.2) is 12.1 Å². The van der Waals surface area contributed by atoms with Gasteiger partial charge < -0.3 is 19.8 Å². The van der Waals surface area contributed by atoms with Gasteiger partial charge in [0.1, 0.15) is 11.6 Å². The Hall–Kier alpha value is -1.84. The minimum atomic E-state index is -0.893. The zero-order valence-corrected chi connectivity index (χ0v) is 17.5. The minimum absolute atomic E-state index is 0.175. The zero-order valence-electron chi connectivity index (χ0n) is 15.9. The Bertz CT molecular complexity index is 716. The molecule has 10 heteroatoms. The molecule has 2 atom stereocenters. The van der Waals surface area contributed by atoms with Crippen molar-refractivity contribution in [3.63, 3.8) is 0 Å². The highest BCUT2D eigenvalue weighted by Crippen LogP contribution is 2.24. The van der Waals surface area contributed by atoms with Crippen molar-refractivity contribution in [1.29, 1.82) is 0 Å². The molecule has 8 nitrogen and oxygen atoms in total. The van der Waals surface area contributed by atoms with Crippen molar-refractivity contribution in [2.75, 3.05) is 20.6 Å². The van der Waals surface area contributed by atoms with E-state index in [1.807, 2.05) is 0 Å². The Morgan fingerprint density at radius 1 is 1.30 bits per heavy atom. The van der Waals surface area contributed by atoms with Crippen molar-refractivity contribution in [2.24, 2.45) is 0 Å². The van der Waals surface area contributed by atoms with Crippen molar-refractivity contribution in [1.82, 2.24) is 15.3 Å². The Morgan fingerprint density at radius 2 is 1.96 bits per heavy atom. The van der Waals surface area contributed by atoms with Crippen LogP contribution < -0.4 is 5.32 Å². The number of hydrogen-bond acceptors (Lipinski definition) is 7. The van der Waals surface area contributed by atoms with Crippen LogP contribution in [0.3, 0.4) is 0 Å². The van der Waals surface area contributed by atoms with Gasteiger partial charge in [-0.05, 0) is 39.3 Å². The predicted molar refractivity (Wildman–Crippen MR) is 102 cm³/mol. The third-order valence-corrected chi connectivity index (χ3v) is 4.93. The van der Waals surface area contributed by atoms with Gasteiger partial charge in [0.15, 0.2) is 0 Å². The first-order valence-electron chi connectivity index (χ1n) is 8.41. The maximum absolute atomic E-state index is 12.5. The Morgan fingerprint density at radius 3 is 2.48 bits per heavy atom. The van der Waals surface area contributed by atoms with Gasteiger partial charge in [0.05, 0.1) is 15.8 Å². The Kier molecular flexibility index (Phi) is 6.72. The lowest BCUT2D eigenvalue weighted by molar-refractivity contribution is -0.167. The summed E-state index contributed by atoms with van der Waals surface area (Å²) in [6.07, 6.45) is -0.582. The number of carbonyl (C=O) groups is 3. The number of thiophene rings is 1. The maximum Gasteiger partial charge on any atom is 0.528 e. The topological polar surface area (TPSA) is 88.2 Å². The van der Waals surface area contributed by atoms with Crippen LogP contribution in [-0.2, 0) is 14.4 Å². The quantitative estimate of drug-likeness (QED) is 0.757. The fraction of sp³-hybridized carbons (Fsp3) is 0.588. The maximum atomic E-state index is 12.5. The smallest absolute Gasteiger partial charge is 0.427 e.